The fourth-order valence-corrected chi connectivity index (χ4v) is 3.49. The molecule has 1 heterocycles. The maximum atomic E-state index is 12.8. The highest BCUT2D eigenvalue weighted by atomic mass is 16.4. The molecule has 1 fully saturated rings. The van der Waals surface area contributed by atoms with Crippen LogP contribution in [0.15, 0.2) is 24.3 Å². The highest BCUT2D eigenvalue weighted by Gasteiger charge is 2.41. The molecule has 2 unspecified atom stereocenters. The topological polar surface area (TPSA) is 60.9 Å². The minimum absolute atomic E-state index is 0.0274. The van der Waals surface area contributed by atoms with Gasteiger partial charge >= 0.3 is 5.97 Å². The molecule has 1 amide bonds. The first-order chi connectivity index (χ1) is 10.1. The number of carbonyl (C=O) groups excluding carboxylic acids is 1. The van der Waals surface area contributed by atoms with Gasteiger partial charge in [-0.3, -0.25) is 9.59 Å². The van der Waals surface area contributed by atoms with E-state index in [0.29, 0.717) is 19.4 Å². The van der Waals surface area contributed by atoms with E-state index in [0.717, 1.165) is 24.3 Å². The van der Waals surface area contributed by atoms with Crippen LogP contribution < -0.4 is 9.80 Å². The largest absolute Gasteiger partial charge is 0.481 e. The Kier molecular flexibility index (Phi) is 3.57. The molecule has 5 heteroatoms. The van der Waals surface area contributed by atoms with Gasteiger partial charge in [0, 0.05) is 20.1 Å². The molecule has 21 heavy (non-hydrogen) atoms. The summed E-state index contributed by atoms with van der Waals surface area (Å²) in [6.07, 6.45) is 2.12. The van der Waals surface area contributed by atoms with Crippen LogP contribution >= 0.6 is 0 Å². The van der Waals surface area contributed by atoms with Crippen molar-refractivity contribution in [2.75, 3.05) is 29.9 Å². The minimum Gasteiger partial charge on any atom is -0.481 e. The van der Waals surface area contributed by atoms with Crippen molar-refractivity contribution in [3.63, 3.8) is 0 Å². The van der Waals surface area contributed by atoms with Crippen molar-refractivity contribution >= 4 is 23.3 Å². The van der Waals surface area contributed by atoms with Crippen molar-refractivity contribution in [1.82, 2.24) is 0 Å². The van der Waals surface area contributed by atoms with Gasteiger partial charge in [-0.2, -0.15) is 0 Å². The van der Waals surface area contributed by atoms with E-state index in [1.807, 2.05) is 31.3 Å². The average Bonchev–Trinajstić information content (AvgIpc) is 2.97. The molecule has 2 atom stereocenters. The molecule has 3 rings (SSSR count). The van der Waals surface area contributed by atoms with Gasteiger partial charge in [0.1, 0.15) is 0 Å². The van der Waals surface area contributed by atoms with Crippen molar-refractivity contribution in [2.45, 2.75) is 19.3 Å². The standard InChI is InChI=1S/C16H20N2O3/c1-17-9-10-18(14-8-3-2-7-13(14)17)15(19)11-5-4-6-12(11)16(20)21/h2-3,7-8,11-12H,4-6,9-10H2,1H3,(H,20,21). The number of carboxylic acid groups (broad SMARTS) is 1. The van der Waals surface area contributed by atoms with E-state index in [1.54, 1.807) is 4.90 Å². The second-order valence-electron chi connectivity index (χ2n) is 5.88. The molecule has 112 valence electrons. The Morgan fingerprint density at radius 3 is 2.48 bits per heavy atom. The Labute approximate surface area is 124 Å². The van der Waals surface area contributed by atoms with E-state index in [1.165, 1.54) is 0 Å². The van der Waals surface area contributed by atoms with Gasteiger partial charge in [-0.15, -0.1) is 0 Å². The number of hydrogen-bond acceptors (Lipinski definition) is 3. The summed E-state index contributed by atoms with van der Waals surface area (Å²) in [5, 5.41) is 9.29. The van der Waals surface area contributed by atoms with E-state index < -0.39 is 11.9 Å². The van der Waals surface area contributed by atoms with Crippen molar-refractivity contribution in [2.24, 2.45) is 11.8 Å². The lowest BCUT2D eigenvalue weighted by molar-refractivity contribution is -0.145. The number of nitrogens with zero attached hydrogens (tertiary/aromatic N) is 2. The van der Waals surface area contributed by atoms with Crippen molar-refractivity contribution in [3.05, 3.63) is 24.3 Å². The van der Waals surface area contributed by atoms with Crippen LogP contribution in [-0.2, 0) is 9.59 Å². The first-order valence-corrected chi connectivity index (χ1v) is 7.44. The molecule has 1 aliphatic heterocycles. The number of fused-ring (bicyclic) bond motifs is 1. The Balaban J connectivity index is 1.89. The molecule has 0 bridgehead atoms. The molecule has 1 N–H and O–H groups in total. The Morgan fingerprint density at radius 1 is 1.10 bits per heavy atom. The zero-order valence-electron chi connectivity index (χ0n) is 12.2. The molecule has 1 aromatic carbocycles. The second-order valence-corrected chi connectivity index (χ2v) is 5.88. The Hall–Kier alpha value is -2.04. The van der Waals surface area contributed by atoms with Gasteiger partial charge in [0.25, 0.3) is 0 Å². The van der Waals surface area contributed by atoms with Gasteiger partial charge in [-0.1, -0.05) is 18.6 Å². The molecule has 0 saturated heterocycles. The van der Waals surface area contributed by atoms with E-state index in [9.17, 15) is 14.7 Å². The van der Waals surface area contributed by atoms with Crippen LogP contribution in [0.1, 0.15) is 19.3 Å². The number of likely N-dealkylation sites (N-methyl/N-ethyl adjacent to an activating group) is 1. The normalized spacial score (nSPS) is 24.8. The Bertz CT molecular complexity index is 572. The minimum atomic E-state index is -0.840. The lowest BCUT2D eigenvalue weighted by Gasteiger charge is -2.37. The van der Waals surface area contributed by atoms with Crippen molar-refractivity contribution < 1.29 is 14.7 Å². The molecular weight excluding hydrogens is 268 g/mol. The SMILES string of the molecule is CN1CCN(C(=O)C2CCCC2C(=O)O)c2ccccc21. The van der Waals surface area contributed by atoms with Gasteiger partial charge in [0.15, 0.2) is 0 Å². The predicted octanol–water partition coefficient (Wildman–Crippen LogP) is 1.97. The summed E-state index contributed by atoms with van der Waals surface area (Å²) in [4.78, 5) is 28.1. The number of rotatable bonds is 2. The highest BCUT2D eigenvalue weighted by Crippen LogP contribution is 2.38. The summed E-state index contributed by atoms with van der Waals surface area (Å²) in [7, 11) is 2.01. The number of hydrogen-bond donors (Lipinski definition) is 1. The third kappa shape index (κ3) is 2.37. The number of amides is 1. The maximum Gasteiger partial charge on any atom is 0.307 e. The first kappa shape index (κ1) is 13.9. The molecule has 0 spiro atoms. The van der Waals surface area contributed by atoms with Gasteiger partial charge in [-0.05, 0) is 25.0 Å². The van der Waals surface area contributed by atoms with Crippen molar-refractivity contribution in [3.8, 4) is 0 Å². The summed E-state index contributed by atoms with van der Waals surface area (Å²) >= 11 is 0. The van der Waals surface area contributed by atoms with Crippen LogP contribution in [0.3, 0.4) is 0 Å². The van der Waals surface area contributed by atoms with Crippen LogP contribution in [0.4, 0.5) is 11.4 Å². The zero-order chi connectivity index (χ0) is 15.0. The zero-order valence-corrected chi connectivity index (χ0v) is 12.2. The summed E-state index contributed by atoms with van der Waals surface area (Å²) in [5.74, 6) is -1.77. The number of benzene rings is 1. The molecule has 0 radical (unpaired) electrons. The number of aliphatic carboxylic acids is 1. The summed E-state index contributed by atoms with van der Waals surface area (Å²) in [6, 6.07) is 7.81. The highest BCUT2D eigenvalue weighted by molar-refractivity contribution is 6.00. The van der Waals surface area contributed by atoms with Gasteiger partial charge in [0.2, 0.25) is 5.91 Å². The molecule has 1 aliphatic carbocycles. The van der Waals surface area contributed by atoms with Crippen LogP contribution in [0.5, 0.6) is 0 Å². The monoisotopic (exact) mass is 288 g/mol. The molecule has 1 saturated carbocycles. The van der Waals surface area contributed by atoms with E-state index in [2.05, 4.69) is 4.90 Å². The number of anilines is 2. The summed E-state index contributed by atoms with van der Waals surface area (Å²) < 4.78 is 0. The molecule has 5 nitrogen and oxygen atoms in total. The average molecular weight is 288 g/mol. The third-order valence-corrected chi connectivity index (χ3v) is 4.66. The number of carboxylic acids is 1. The van der Waals surface area contributed by atoms with E-state index in [-0.39, 0.29) is 11.8 Å². The molecule has 2 aliphatic rings. The lowest BCUT2D eigenvalue weighted by atomic mass is 9.94. The lowest BCUT2D eigenvalue weighted by Crippen LogP contribution is -2.46. The van der Waals surface area contributed by atoms with E-state index >= 15 is 0 Å². The second kappa shape index (κ2) is 5.39. The summed E-state index contributed by atoms with van der Waals surface area (Å²) in [5.41, 5.74) is 1.93. The van der Waals surface area contributed by atoms with Gasteiger partial charge < -0.3 is 14.9 Å². The molecule has 0 aromatic heterocycles. The van der Waals surface area contributed by atoms with Crippen LogP contribution in [0.25, 0.3) is 0 Å². The van der Waals surface area contributed by atoms with Gasteiger partial charge in [-0.25, -0.2) is 0 Å². The van der Waals surface area contributed by atoms with Crippen molar-refractivity contribution in [1.29, 1.82) is 0 Å². The smallest absolute Gasteiger partial charge is 0.307 e. The number of carbonyl (C=O) groups is 2. The molecular formula is C16H20N2O3. The van der Waals surface area contributed by atoms with Gasteiger partial charge in [0.05, 0.1) is 23.2 Å². The summed E-state index contributed by atoms with van der Waals surface area (Å²) in [6.45, 7) is 1.39. The predicted molar refractivity (Wildman–Crippen MR) is 80.5 cm³/mol. The first-order valence-electron chi connectivity index (χ1n) is 7.44. The van der Waals surface area contributed by atoms with Crippen LogP contribution in [0, 0.1) is 11.8 Å². The number of para-hydroxylation sites is 2. The van der Waals surface area contributed by atoms with Crippen LogP contribution in [0.2, 0.25) is 0 Å². The Morgan fingerprint density at radius 2 is 1.76 bits per heavy atom. The van der Waals surface area contributed by atoms with Crippen LogP contribution in [-0.4, -0.2) is 37.1 Å². The maximum absolute atomic E-state index is 12.8. The fraction of sp³-hybridized carbons (Fsp3) is 0.500. The fourth-order valence-electron chi connectivity index (χ4n) is 3.49. The van der Waals surface area contributed by atoms with E-state index in [4.69, 9.17) is 0 Å². The third-order valence-electron chi connectivity index (χ3n) is 4.66. The molecule has 1 aromatic rings. The quantitative estimate of drug-likeness (QED) is 0.904.